The number of aromatic amines is 1. The van der Waals surface area contributed by atoms with Gasteiger partial charge < -0.3 is 15.2 Å². The summed E-state index contributed by atoms with van der Waals surface area (Å²) < 4.78 is 0. The fourth-order valence-corrected chi connectivity index (χ4v) is 4.05. The molecule has 0 radical (unpaired) electrons. The van der Waals surface area contributed by atoms with Gasteiger partial charge in [0, 0.05) is 30.6 Å². The highest BCUT2D eigenvalue weighted by atomic mass is 16.2. The van der Waals surface area contributed by atoms with Gasteiger partial charge in [0.2, 0.25) is 11.8 Å². The van der Waals surface area contributed by atoms with Gasteiger partial charge in [-0.05, 0) is 50.3 Å². The fourth-order valence-electron chi connectivity index (χ4n) is 4.05. The minimum absolute atomic E-state index is 0.0436. The van der Waals surface area contributed by atoms with E-state index in [9.17, 15) is 9.59 Å². The standard InChI is InChI=1S/C21H29N3O2/c1-5-17-14(4)16-11-13(3)10-15(20(16)23-17)12-22-21(26)18-8-7-9-24(18)19(25)6-2/h10-11,18,23H,5-9,12H2,1-4H3,(H,22,26)/t18-/m1/s1. The van der Waals surface area contributed by atoms with E-state index in [-0.39, 0.29) is 17.9 Å². The zero-order valence-corrected chi connectivity index (χ0v) is 16.2. The van der Waals surface area contributed by atoms with Crippen molar-refractivity contribution in [2.45, 2.75) is 66.0 Å². The third kappa shape index (κ3) is 3.35. The van der Waals surface area contributed by atoms with Crippen LogP contribution in [0.4, 0.5) is 0 Å². The van der Waals surface area contributed by atoms with E-state index in [4.69, 9.17) is 0 Å². The lowest BCUT2D eigenvalue weighted by molar-refractivity contribution is -0.138. The maximum atomic E-state index is 12.7. The minimum Gasteiger partial charge on any atom is -0.358 e. The number of carbonyl (C=O) groups is 2. The largest absolute Gasteiger partial charge is 0.358 e. The number of benzene rings is 1. The van der Waals surface area contributed by atoms with E-state index >= 15 is 0 Å². The van der Waals surface area contributed by atoms with Crippen LogP contribution >= 0.6 is 0 Å². The van der Waals surface area contributed by atoms with Crippen molar-refractivity contribution < 1.29 is 9.59 Å². The summed E-state index contributed by atoms with van der Waals surface area (Å²) >= 11 is 0. The SMILES string of the molecule is CCC(=O)N1CCC[C@@H]1C(=O)NCc1cc(C)cc2c(C)c(CC)[nH]c12. The zero-order valence-electron chi connectivity index (χ0n) is 16.2. The Morgan fingerprint density at radius 3 is 2.73 bits per heavy atom. The molecule has 1 aliphatic heterocycles. The van der Waals surface area contributed by atoms with Gasteiger partial charge in [-0.1, -0.05) is 25.5 Å². The van der Waals surface area contributed by atoms with Crippen molar-refractivity contribution in [1.82, 2.24) is 15.2 Å². The molecule has 2 N–H and O–H groups in total. The number of amides is 2. The molecule has 1 aromatic carbocycles. The van der Waals surface area contributed by atoms with E-state index in [0.717, 1.165) is 30.3 Å². The van der Waals surface area contributed by atoms with Gasteiger partial charge in [0.15, 0.2) is 0 Å². The second-order valence-corrected chi connectivity index (χ2v) is 7.25. The first-order valence-electron chi connectivity index (χ1n) is 9.64. The Kier molecular flexibility index (Phi) is 5.35. The number of carbonyl (C=O) groups excluding carboxylic acids is 2. The number of hydrogen-bond acceptors (Lipinski definition) is 2. The maximum absolute atomic E-state index is 12.7. The average molecular weight is 355 g/mol. The van der Waals surface area contributed by atoms with Gasteiger partial charge in [0.1, 0.15) is 6.04 Å². The second kappa shape index (κ2) is 7.52. The van der Waals surface area contributed by atoms with Gasteiger partial charge in [-0.25, -0.2) is 0 Å². The normalized spacial score (nSPS) is 17.1. The predicted octanol–water partition coefficient (Wildman–Crippen LogP) is 3.36. The van der Waals surface area contributed by atoms with Crippen LogP contribution in [0.5, 0.6) is 0 Å². The molecule has 3 rings (SSSR count). The molecular weight excluding hydrogens is 326 g/mol. The first-order chi connectivity index (χ1) is 12.5. The summed E-state index contributed by atoms with van der Waals surface area (Å²) in [5, 5.41) is 4.29. The number of likely N-dealkylation sites (tertiary alicyclic amines) is 1. The van der Waals surface area contributed by atoms with Gasteiger partial charge in [-0.15, -0.1) is 0 Å². The lowest BCUT2D eigenvalue weighted by Crippen LogP contribution is -2.45. The van der Waals surface area contributed by atoms with Gasteiger partial charge in [0.25, 0.3) is 0 Å². The van der Waals surface area contributed by atoms with E-state index in [1.54, 1.807) is 4.90 Å². The molecule has 5 nitrogen and oxygen atoms in total. The van der Waals surface area contributed by atoms with Crippen molar-refractivity contribution in [2.75, 3.05) is 6.54 Å². The third-order valence-corrected chi connectivity index (χ3v) is 5.48. The molecule has 1 fully saturated rings. The number of H-pyrrole nitrogens is 1. The molecule has 0 unspecified atom stereocenters. The van der Waals surface area contributed by atoms with Crippen LogP contribution in [0.2, 0.25) is 0 Å². The summed E-state index contributed by atoms with van der Waals surface area (Å²) in [6.45, 7) is 9.39. The molecule has 0 spiro atoms. The lowest BCUT2D eigenvalue weighted by atomic mass is 10.0. The molecule has 2 aromatic rings. The molecular formula is C21H29N3O2. The van der Waals surface area contributed by atoms with Gasteiger partial charge in [0.05, 0.1) is 5.52 Å². The van der Waals surface area contributed by atoms with E-state index in [2.05, 4.69) is 43.2 Å². The van der Waals surface area contributed by atoms with Crippen molar-refractivity contribution in [3.05, 3.63) is 34.5 Å². The van der Waals surface area contributed by atoms with Crippen molar-refractivity contribution in [2.24, 2.45) is 0 Å². The Hall–Kier alpha value is -2.30. The van der Waals surface area contributed by atoms with Crippen LogP contribution in [-0.4, -0.2) is 34.3 Å². The Balaban J connectivity index is 1.79. The Bertz CT molecular complexity index is 837. The Labute approximate surface area is 155 Å². The Morgan fingerprint density at radius 1 is 1.27 bits per heavy atom. The smallest absolute Gasteiger partial charge is 0.243 e. The number of rotatable bonds is 5. The van der Waals surface area contributed by atoms with Crippen LogP contribution < -0.4 is 5.32 Å². The van der Waals surface area contributed by atoms with E-state index in [1.807, 2.05) is 6.92 Å². The van der Waals surface area contributed by atoms with Crippen molar-refractivity contribution in [3.8, 4) is 0 Å². The number of aromatic nitrogens is 1. The first-order valence-corrected chi connectivity index (χ1v) is 9.64. The number of aryl methyl sites for hydroxylation is 3. The molecule has 0 saturated carbocycles. The van der Waals surface area contributed by atoms with Crippen LogP contribution in [0.25, 0.3) is 10.9 Å². The van der Waals surface area contributed by atoms with Crippen molar-refractivity contribution >= 4 is 22.7 Å². The number of hydrogen-bond donors (Lipinski definition) is 2. The first kappa shape index (κ1) is 18.5. The summed E-state index contributed by atoms with van der Waals surface area (Å²) in [5.74, 6) is 0.0196. The molecule has 0 aliphatic carbocycles. The van der Waals surface area contributed by atoms with Crippen LogP contribution in [0.3, 0.4) is 0 Å². The topological polar surface area (TPSA) is 65.2 Å². The van der Waals surface area contributed by atoms with Gasteiger partial charge >= 0.3 is 0 Å². The molecule has 0 bridgehead atoms. The maximum Gasteiger partial charge on any atom is 0.243 e. The minimum atomic E-state index is -0.320. The third-order valence-electron chi connectivity index (χ3n) is 5.48. The van der Waals surface area contributed by atoms with Crippen molar-refractivity contribution in [3.63, 3.8) is 0 Å². The zero-order chi connectivity index (χ0) is 18.8. The molecule has 140 valence electrons. The fraction of sp³-hybridized carbons (Fsp3) is 0.524. The highest BCUT2D eigenvalue weighted by molar-refractivity contribution is 5.90. The van der Waals surface area contributed by atoms with E-state index in [0.29, 0.717) is 19.5 Å². The average Bonchev–Trinajstić information content (AvgIpc) is 3.24. The lowest BCUT2D eigenvalue weighted by Gasteiger charge is -2.23. The number of nitrogens with zero attached hydrogens (tertiary/aromatic N) is 1. The number of nitrogens with one attached hydrogen (secondary N) is 2. The summed E-state index contributed by atoms with van der Waals surface area (Å²) in [4.78, 5) is 30.0. The highest BCUT2D eigenvalue weighted by Crippen LogP contribution is 2.27. The Morgan fingerprint density at radius 2 is 2.04 bits per heavy atom. The molecule has 2 heterocycles. The summed E-state index contributed by atoms with van der Waals surface area (Å²) in [5.41, 5.74) is 5.93. The molecule has 5 heteroatoms. The second-order valence-electron chi connectivity index (χ2n) is 7.25. The van der Waals surface area contributed by atoms with Crippen LogP contribution in [0, 0.1) is 13.8 Å². The van der Waals surface area contributed by atoms with E-state index in [1.165, 1.54) is 22.2 Å². The van der Waals surface area contributed by atoms with Gasteiger partial charge in [-0.3, -0.25) is 9.59 Å². The monoisotopic (exact) mass is 355 g/mol. The van der Waals surface area contributed by atoms with Crippen LogP contribution in [0.1, 0.15) is 55.5 Å². The van der Waals surface area contributed by atoms with Gasteiger partial charge in [-0.2, -0.15) is 0 Å². The van der Waals surface area contributed by atoms with Crippen LogP contribution in [0.15, 0.2) is 12.1 Å². The summed E-state index contributed by atoms with van der Waals surface area (Å²) in [6.07, 6.45) is 3.06. The summed E-state index contributed by atoms with van der Waals surface area (Å²) in [6, 6.07) is 4.01. The van der Waals surface area contributed by atoms with Crippen molar-refractivity contribution in [1.29, 1.82) is 0 Å². The predicted molar refractivity (Wildman–Crippen MR) is 104 cm³/mol. The molecule has 1 aliphatic rings. The number of fused-ring (bicyclic) bond motifs is 1. The molecule has 2 amide bonds. The molecule has 26 heavy (non-hydrogen) atoms. The van der Waals surface area contributed by atoms with E-state index < -0.39 is 0 Å². The quantitative estimate of drug-likeness (QED) is 0.864. The molecule has 1 atom stereocenters. The van der Waals surface area contributed by atoms with Crippen LogP contribution in [-0.2, 0) is 22.6 Å². The molecule has 1 saturated heterocycles. The summed E-state index contributed by atoms with van der Waals surface area (Å²) in [7, 11) is 0. The highest BCUT2D eigenvalue weighted by Gasteiger charge is 2.33. The molecule has 1 aromatic heterocycles.